The van der Waals surface area contributed by atoms with Crippen LogP contribution in [0.25, 0.3) is 0 Å². The molecule has 0 saturated heterocycles. The Morgan fingerprint density at radius 3 is 2.42 bits per heavy atom. The Kier molecular flexibility index (Phi) is 7.84. The van der Waals surface area contributed by atoms with Crippen molar-refractivity contribution < 1.29 is 19.4 Å². The number of carbonyl (C=O) groups excluding carboxylic acids is 1. The van der Waals surface area contributed by atoms with Gasteiger partial charge in [-0.2, -0.15) is 0 Å². The molecule has 2 aromatic carbocycles. The molecule has 0 aliphatic heterocycles. The lowest BCUT2D eigenvalue weighted by Crippen LogP contribution is -2.35. The SMILES string of the molecule is COc1ccc(OCc2nc(C)c(CCO)c(=O)n2CC(=O)Nc2ccc(C)cc2C)cc1. The van der Waals surface area contributed by atoms with E-state index in [-0.39, 0.29) is 37.6 Å². The Balaban J connectivity index is 1.87. The minimum Gasteiger partial charge on any atom is -0.497 e. The summed E-state index contributed by atoms with van der Waals surface area (Å²) in [5.74, 6) is 1.25. The Morgan fingerprint density at radius 1 is 1.09 bits per heavy atom. The zero-order valence-corrected chi connectivity index (χ0v) is 19.3. The number of hydrogen-bond donors (Lipinski definition) is 2. The van der Waals surface area contributed by atoms with E-state index >= 15 is 0 Å². The van der Waals surface area contributed by atoms with Gasteiger partial charge in [-0.15, -0.1) is 0 Å². The summed E-state index contributed by atoms with van der Waals surface area (Å²) in [4.78, 5) is 30.5. The average molecular weight is 452 g/mol. The van der Waals surface area contributed by atoms with Crippen molar-refractivity contribution in [2.75, 3.05) is 19.0 Å². The summed E-state index contributed by atoms with van der Waals surface area (Å²) in [6.45, 7) is 5.19. The summed E-state index contributed by atoms with van der Waals surface area (Å²) < 4.78 is 12.3. The highest BCUT2D eigenvalue weighted by Crippen LogP contribution is 2.19. The minimum atomic E-state index is -0.361. The number of carbonyl (C=O) groups is 1. The average Bonchev–Trinajstić information content (AvgIpc) is 2.79. The summed E-state index contributed by atoms with van der Waals surface area (Å²) in [6, 6.07) is 12.8. The minimum absolute atomic E-state index is 0.00134. The smallest absolute Gasteiger partial charge is 0.257 e. The van der Waals surface area contributed by atoms with Gasteiger partial charge in [0.15, 0.2) is 0 Å². The number of rotatable bonds is 9. The van der Waals surface area contributed by atoms with Gasteiger partial charge in [0.2, 0.25) is 5.91 Å². The van der Waals surface area contributed by atoms with Crippen molar-refractivity contribution in [2.45, 2.75) is 40.3 Å². The van der Waals surface area contributed by atoms with Gasteiger partial charge in [-0.25, -0.2) is 4.98 Å². The van der Waals surface area contributed by atoms with E-state index in [9.17, 15) is 14.7 Å². The maximum absolute atomic E-state index is 13.2. The summed E-state index contributed by atoms with van der Waals surface area (Å²) in [6.07, 6.45) is 0.163. The lowest BCUT2D eigenvalue weighted by atomic mass is 10.1. The molecule has 0 spiro atoms. The first-order chi connectivity index (χ1) is 15.8. The molecular formula is C25H29N3O5. The molecule has 33 heavy (non-hydrogen) atoms. The molecule has 1 amide bonds. The first kappa shape index (κ1) is 24.0. The van der Waals surface area contributed by atoms with Crippen molar-refractivity contribution in [3.63, 3.8) is 0 Å². The van der Waals surface area contributed by atoms with E-state index in [2.05, 4.69) is 10.3 Å². The van der Waals surface area contributed by atoms with Crippen molar-refractivity contribution >= 4 is 11.6 Å². The van der Waals surface area contributed by atoms with Gasteiger partial charge < -0.3 is 19.9 Å². The molecule has 0 atom stereocenters. The van der Waals surface area contributed by atoms with Crippen LogP contribution >= 0.6 is 0 Å². The third kappa shape index (κ3) is 5.98. The van der Waals surface area contributed by atoms with E-state index in [1.807, 2.05) is 32.0 Å². The zero-order valence-electron chi connectivity index (χ0n) is 19.3. The highest BCUT2D eigenvalue weighted by atomic mass is 16.5. The van der Waals surface area contributed by atoms with Crippen LogP contribution in [0, 0.1) is 20.8 Å². The summed E-state index contributed by atoms with van der Waals surface area (Å²) in [5, 5.41) is 12.2. The molecule has 3 rings (SSSR count). The molecule has 8 nitrogen and oxygen atoms in total. The maximum Gasteiger partial charge on any atom is 0.257 e. The van der Waals surface area contributed by atoms with Crippen LogP contribution in [0.4, 0.5) is 5.69 Å². The number of ether oxygens (including phenoxy) is 2. The number of aliphatic hydroxyl groups excluding tert-OH is 1. The molecule has 0 fully saturated rings. The van der Waals surface area contributed by atoms with Gasteiger partial charge in [0.1, 0.15) is 30.5 Å². The van der Waals surface area contributed by atoms with Crippen molar-refractivity contribution in [1.82, 2.24) is 9.55 Å². The zero-order chi connectivity index (χ0) is 24.0. The van der Waals surface area contributed by atoms with Gasteiger partial charge in [-0.05, 0) is 56.7 Å². The number of aryl methyl sites for hydroxylation is 3. The predicted molar refractivity (Wildman–Crippen MR) is 126 cm³/mol. The number of hydrogen-bond acceptors (Lipinski definition) is 6. The second-order valence-corrected chi connectivity index (χ2v) is 7.79. The highest BCUT2D eigenvalue weighted by molar-refractivity contribution is 5.91. The quantitative estimate of drug-likeness (QED) is 0.519. The number of nitrogens with one attached hydrogen (secondary N) is 1. The molecule has 0 saturated carbocycles. The van der Waals surface area contributed by atoms with Crippen LogP contribution in [0.15, 0.2) is 47.3 Å². The molecule has 3 aromatic rings. The van der Waals surface area contributed by atoms with Gasteiger partial charge in [-0.3, -0.25) is 14.2 Å². The molecular weight excluding hydrogens is 422 g/mol. The molecule has 0 aliphatic rings. The Hall–Kier alpha value is -3.65. The molecule has 0 bridgehead atoms. The fourth-order valence-electron chi connectivity index (χ4n) is 3.54. The van der Waals surface area contributed by atoms with E-state index in [0.717, 1.165) is 11.1 Å². The molecule has 0 aliphatic carbocycles. The van der Waals surface area contributed by atoms with Gasteiger partial charge in [0.05, 0.1) is 7.11 Å². The van der Waals surface area contributed by atoms with Gasteiger partial charge in [0, 0.05) is 30.0 Å². The number of anilines is 1. The third-order valence-corrected chi connectivity index (χ3v) is 5.30. The fraction of sp³-hybridized carbons (Fsp3) is 0.320. The lowest BCUT2D eigenvalue weighted by molar-refractivity contribution is -0.116. The van der Waals surface area contributed by atoms with E-state index < -0.39 is 0 Å². The van der Waals surface area contributed by atoms with Crippen molar-refractivity contribution in [2.24, 2.45) is 0 Å². The standard InChI is InChI=1S/C25H29N3O5/c1-16-5-10-22(17(2)13-16)27-24(30)14-28-23(26-18(3)21(11-12-29)25(28)31)15-33-20-8-6-19(32-4)7-9-20/h5-10,13,29H,11-12,14-15H2,1-4H3,(H,27,30). The lowest BCUT2D eigenvalue weighted by Gasteiger charge is -2.17. The number of aromatic nitrogens is 2. The summed E-state index contributed by atoms with van der Waals surface area (Å²) in [5.41, 5.74) is 3.24. The maximum atomic E-state index is 13.2. The third-order valence-electron chi connectivity index (χ3n) is 5.30. The van der Waals surface area contributed by atoms with Crippen molar-refractivity contribution in [1.29, 1.82) is 0 Å². The fourth-order valence-corrected chi connectivity index (χ4v) is 3.54. The number of benzene rings is 2. The number of nitrogens with zero attached hydrogens (tertiary/aromatic N) is 2. The van der Waals surface area contributed by atoms with E-state index in [1.165, 1.54) is 4.57 Å². The van der Waals surface area contributed by atoms with Crippen molar-refractivity contribution in [3.05, 3.63) is 81.0 Å². The summed E-state index contributed by atoms with van der Waals surface area (Å²) in [7, 11) is 1.58. The molecule has 1 heterocycles. The molecule has 0 radical (unpaired) electrons. The van der Waals surface area contributed by atoms with Crippen molar-refractivity contribution in [3.8, 4) is 11.5 Å². The Labute approximate surface area is 192 Å². The molecule has 0 unspecified atom stereocenters. The molecule has 1 aromatic heterocycles. The van der Waals surface area contributed by atoms with E-state index in [1.54, 1.807) is 38.3 Å². The highest BCUT2D eigenvalue weighted by Gasteiger charge is 2.17. The monoisotopic (exact) mass is 451 g/mol. The number of aliphatic hydroxyl groups is 1. The van der Waals surface area contributed by atoms with E-state index in [4.69, 9.17) is 9.47 Å². The van der Waals surface area contributed by atoms with Gasteiger partial charge in [-0.1, -0.05) is 17.7 Å². The predicted octanol–water partition coefficient (Wildman–Crippen LogP) is 2.93. The Morgan fingerprint density at radius 2 is 1.79 bits per heavy atom. The second kappa shape index (κ2) is 10.8. The second-order valence-electron chi connectivity index (χ2n) is 7.79. The molecule has 174 valence electrons. The van der Waals surface area contributed by atoms with Crippen LogP contribution in [0.3, 0.4) is 0 Å². The molecule has 8 heteroatoms. The first-order valence-corrected chi connectivity index (χ1v) is 10.7. The van der Waals surface area contributed by atoms with Crippen LogP contribution in [0.2, 0.25) is 0 Å². The van der Waals surface area contributed by atoms with Crippen LogP contribution in [0.1, 0.15) is 28.2 Å². The first-order valence-electron chi connectivity index (χ1n) is 10.7. The van der Waals surface area contributed by atoms with Crippen LogP contribution < -0.4 is 20.3 Å². The van der Waals surface area contributed by atoms with Gasteiger partial charge >= 0.3 is 0 Å². The van der Waals surface area contributed by atoms with Crippen LogP contribution in [-0.4, -0.2) is 34.3 Å². The molecule has 2 N–H and O–H groups in total. The number of methoxy groups -OCH3 is 1. The van der Waals surface area contributed by atoms with Crippen LogP contribution in [-0.2, 0) is 24.4 Å². The largest absolute Gasteiger partial charge is 0.497 e. The summed E-state index contributed by atoms with van der Waals surface area (Å²) >= 11 is 0. The normalized spacial score (nSPS) is 10.7. The van der Waals surface area contributed by atoms with E-state index in [0.29, 0.717) is 34.3 Å². The van der Waals surface area contributed by atoms with Gasteiger partial charge in [0.25, 0.3) is 5.56 Å². The topological polar surface area (TPSA) is 103 Å². The Bertz CT molecular complexity index is 1190. The van der Waals surface area contributed by atoms with Crippen LogP contribution in [0.5, 0.6) is 11.5 Å². The number of amides is 1.